The van der Waals surface area contributed by atoms with Crippen LogP contribution in [0.3, 0.4) is 0 Å². The molecule has 0 spiro atoms. The van der Waals surface area contributed by atoms with Gasteiger partial charge in [0.25, 0.3) is 11.5 Å². The van der Waals surface area contributed by atoms with E-state index >= 15 is 0 Å². The van der Waals surface area contributed by atoms with E-state index in [4.69, 9.17) is 9.47 Å². The summed E-state index contributed by atoms with van der Waals surface area (Å²) in [5, 5.41) is 5.93. The second-order valence-corrected chi connectivity index (χ2v) is 8.68. The van der Waals surface area contributed by atoms with Gasteiger partial charge in [0.15, 0.2) is 18.2 Å². The molecule has 2 atom stereocenters. The summed E-state index contributed by atoms with van der Waals surface area (Å²) in [6.07, 6.45) is 0.886. The van der Waals surface area contributed by atoms with Crippen molar-refractivity contribution in [3.05, 3.63) is 52.6 Å². The number of likely N-dealkylation sites (tertiary alicyclic amines) is 1. The Morgan fingerprint density at radius 2 is 2.05 bits per heavy atom. The molecule has 1 fully saturated rings. The fourth-order valence-electron chi connectivity index (χ4n) is 4.48. The van der Waals surface area contributed by atoms with Crippen LogP contribution in [0.1, 0.15) is 12.1 Å². The number of benzene rings is 1. The van der Waals surface area contributed by atoms with Crippen molar-refractivity contribution < 1.29 is 18.7 Å². The lowest BCUT2D eigenvalue weighted by atomic mass is 10.0. The molecule has 2 aliphatic heterocycles. The van der Waals surface area contributed by atoms with Crippen LogP contribution in [-0.2, 0) is 17.9 Å². The molecule has 0 radical (unpaired) electrons. The molecule has 0 unspecified atom stereocenters. The lowest BCUT2D eigenvalue weighted by molar-refractivity contribution is -0.118. The van der Waals surface area contributed by atoms with Crippen molar-refractivity contribution in [3.8, 4) is 11.5 Å². The molecule has 2 aromatic heterocycles. The number of amides is 1. The van der Waals surface area contributed by atoms with Crippen LogP contribution < -0.4 is 25.7 Å². The number of ether oxygens (including phenoxy) is 2. The standard InChI is InChI=1S/C24H27FN6O4.2ClH/c1-34-16-3-4-19-20(10-16)31(23(33)12-27-19)9-8-30-7-6-18(17(25)13-30)26-11-15-2-5-21-24(28-15)29-22(32)14-35-21;;/h2-5,10,12,17-18,26H,6-9,11,13-14H2,1H3,(H,28,29,32);2*1H/t17-,18+;;/m1../s1. The molecule has 1 saturated heterocycles. The molecule has 3 aromatic rings. The highest BCUT2D eigenvalue weighted by atomic mass is 35.5. The van der Waals surface area contributed by atoms with E-state index in [9.17, 15) is 14.0 Å². The minimum atomic E-state index is -1.06. The van der Waals surface area contributed by atoms with E-state index in [2.05, 4.69) is 20.6 Å². The van der Waals surface area contributed by atoms with E-state index in [0.29, 0.717) is 66.6 Å². The Morgan fingerprint density at radius 3 is 2.84 bits per heavy atom. The molecule has 13 heteroatoms. The van der Waals surface area contributed by atoms with Gasteiger partial charge in [-0.3, -0.25) is 14.5 Å². The lowest BCUT2D eigenvalue weighted by Crippen LogP contribution is -2.51. The maximum Gasteiger partial charge on any atom is 0.269 e. The van der Waals surface area contributed by atoms with Crippen molar-refractivity contribution in [2.75, 3.05) is 38.7 Å². The minimum absolute atomic E-state index is 0. The van der Waals surface area contributed by atoms with E-state index in [0.717, 1.165) is 0 Å². The van der Waals surface area contributed by atoms with Crippen molar-refractivity contribution in [1.29, 1.82) is 0 Å². The number of pyridine rings is 1. The first kappa shape index (κ1) is 28.6. The van der Waals surface area contributed by atoms with Gasteiger partial charge >= 0.3 is 0 Å². The molecule has 0 aliphatic carbocycles. The zero-order chi connectivity index (χ0) is 24.4. The highest BCUT2D eigenvalue weighted by Crippen LogP contribution is 2.25. The van der Waals surface area contributed by atoms with Gasteiger partial charge in [-0.1, -0.05) is 0 Å². The number of carbonyl (C=O) groups excluding carboxylic acids is 1. The summed E-state index contributed by atoms with van der Waals surface area (Å²) in [4.78, 5) is 34.6. The van der Waals surface area contributed by atoms with Crippen LogP contribution in [0.2, 0.25) is 0 Å². The Balaban J connectivity index is 0.00000190. The first-order valence-electron chi connectivity index (χ1n) is 11.6. The Hall–Kier alpha value is -2.99. The smallest absolute Gasteiger partial charge is 0.269 e. The Bertz CT molecular complexity index is 1310. The quantitative estimate of drug-likeness (QED) is 0.457. The summed E-state index contributed by atoms with van der Waals surface area (Å²) in [5.74, 6) is 1.33. The normalized spacial score (nSPS) is 19.1. The van der Waals surface area contributed by atoms with Crippen LogP contribution in [-0.4, -0.2) is 70.9 Å². The molecule has 0 saturated carbocycles. The Kier molecular flexibility index (Phi) is 9.66. The van der Waals surface area contributed by atoms with Crippen LogP contribution in [0.5, 0.6) is 11.5 Å². The second kappa shape index (κ2) is 12.5. The van der Waals surface area contributed by atoms with Crippen molar-refractivity contribution in [2.24, 2.45) is 0 Å². The maximum absolute atomic E-state index is 15.0. The second-order valence-electron chi connectivity index (χ2n) is 8.68. The number of hydrogen-bond acceptors (Lipinski definition) is 8. The van der Waals surface area contributed by atoms with E-state index in [-0.39, 0.29) is 55.5 Å². The lowest BCUT2D eigenvalue weighted by Gasteiger charge is -2.35. The number of methoxy groups -OCH3 is 1. The third kappa shape index (κ3) is 6.48. The average Bonchev–Trinajstić information content (AvgIpc) is 2.87. The Labute approximate surface area is 225 Å². The van der Waals surface area contributed by atoms with Gasteiger partial charge in [0, 0.05) is 38.3 Å². The zero-order valence-electron chi connectivity index (χ0n) is 20.2. The fourth-order valence-corrected chi connectivity index (χ4v) is 4.48. The van der Waals surface area contributed by atoms with Crippen molar-refractivity contribution in [1.82, 2.24) is 24.8 Å². The average molecular weight is 555 g/mol. The third-order valence-corrected chi connectivity index (χ3v) is 6.40. The highest BCUT2D eigenvalue weighted by Gasteiger charge is 2.29. The molecule has 37 heavy (non-hydrogen) atoms. The van der Waals surface area contributed by atoms with Gasteiger partial charge in [-0.25, -0.2) is 14.4 Å². The van der Waals surface area contributed by atoms with E-state index in [1.165, 1.54) is 6.20 Å². The summed E-state index contributed by atoms with van der Waals surface area (Å²) < 4.78 is 27.3. The number of carbonyl (C=O) groups is 1. The number of fused-ring (bicyclic) bond motifs is 2. The number of nitrogens with zero attached hydrogens (tertiary/aromatic N) is 4. The molecule has 1 aromatic carbocycles. The number of aromatic nitrogens is 3. The minimum Gasteiger partial charge on any atom is -0.497 e. The molecule has 1 amide bonds. The molecule has 10 nitrogen and oxygen atoms in total. The SMILES string of the molecule is COc1ccc2ncc(=O)n(CCN3CC[C@H](NCc4ccc5c(n4)NC(=O)CO5)[C@H](F)C3)c2c1.Cl.Cl. The van der Waals surface area contributed by atoms with Gasteiger partial charge in [0.2, 0.25) is 0 Å². The maximum atomic E-state index is 15.0. The first-order chi connectivity index (χ1) is 17.0. The number of hydrogen-bond donors (Lipinski definition) is 2. The van der Waals surface area contributed by atoms with E-state index in [1.54, 1.807) is 35.9 Å². The summed E-state index contributed by atoms with van der Waals surface area (Å²) in [5.41, 5.74) is 1.91. The van der Waals surface area contributed by atoms with Crippen LogP contribution in [0, 0.1) is 0 Å². The third-order valence-electron chi connectivity index (χ3n) is 6.40. The van der Waals surface area contributed by atoms with Crippen LogP contribution in [0.4, 0.5) is 10.2 Å². The zero-order valence-corrected chi connectivity index (χ0v) is 21.8. The highest BCUT2D eigenvalue weighted by molar-refractivity contribution is 5.94. The molecule has 2 N–H and O–H groups in total. The van der Waals surface area contributed by atoms with Gasteiger partial charge in [-0.15, -0.1) is 24.8 Å². The predicted molar refractivity (Wildman–Crippen MR) is 142 cm³/mol. The number of anilines is 1. The summed E-state index contributed by atoms with van der Waals surface area (Å²) in [6.45, 7) is 2.34. The van der Waals surface area contributed by atoms with Crippen molar-refractivity contribution >= 4 is 47.6 Å². The van der Waals surface area contributed by atoms with Gasteiger partial charge < -0.3 is 24.7 Å². The predicted octanol–water partition coefficient (Wildman–Crippen LogP) is 2.18. The summed E-state index contributed by atoms with van der Waals surface area (Å²) in [7, 11) is 1.58. The van der Waals surface area contributed by atoms with Crippen LogP contribution in [0.15, 0.2) is 41.3 Å². The monoisotopic (exact) mass is 554 g/mol. The molecular weight excluding hydrogens is 526 g/mol. The molecule has 2 aliphatic rings. The summed E-state index contributed by atoms with van der Waals surface area (Å²) in [6, 6.07) is 8.68. The summed E-state index contributed by atoms with van der Waals surface area (Å²) >= 11 is 0. The number of alkyl halides is 1. The Morgan fingerprint density at radius 1 is 1.22 bits per heavy atom. The number of piperidine rings is 1. The molecule has 4 heterocycles. The van der Waals surface area contributed by atoms with Gasteiger partial charge in [-0.2, -0.15) is 0 Å². The van der Waals surface area contributed by atoms with E-state index in [1.807, 2.05) is 11.0 Å². The van der Waals surface area contributed by atoms with Crippen LogP contribution in [0.25, 0.3) is 11.0 Å². The van der Waals surface area contributed by atoms with Crippen LogP contribution >= 0.6 is 24.8 Å². The molecule has 5 rings (SSSR count). The first-order valence-corrected chi connectivity index (χ1v) is 11.6. The van der Waals surface area contributed by atoms with Crippen molar-refractivity contribution in [3.63, 3.8) is 0 Å². The fraction of sp³-hybridized carbons (Fsp3) is 0.417. The molecule has 0 bridgehead atoms. The van der Waals surface area contributed by atoms with E-state index < -0.39 is 6.17 Å². The topological polar surface area (TPSA) is 111 Å². The van der Waals surface area contributed by atoms with Gasteiger partial charge in [0.1, 0.15) is 11.9 Å². The van der Waals surface area contributed by atoms with Gasteiger partial charge in [-0.05, 0) is 37.2 Å². The van der Waals surface area contributed by atoms with Gasteiger partial charge in [0.05, 0.1) is 30.0 Å². The molecule has 200 valence electrons. The number of halogens is 3. The molecular formula is C24H29Cl2FN6O4. The number of rotatable bonds is 7. The largest absolute Gasteiger partial charge is 0.497 e. The number of nitrogens with one attached hydrogen (secondary N) is 2. The van der Waals surface area contributed by atoms with Crippen molar-refractivity contribution in [2.45, 2.75) is 31.7 Å².